The van der Waals surface area contributed by atoms with Crippen LogP contribution in [-0.4, -0.2) is 48.3 Å². The molecule has 166 valence electrons. The summed E-state index contributed by atoms with van der Waals surface area (Å²) in [5.74, 6) is -1.37. The van der Waals surface area contributed by atoms with Gasteiger partial charge in [-0.3, -0.25) is 9.59 Å². The molecule has 0 aliphatic carbocycles. The normalized spacial score (nSPS) is 17.9. The van der Waals surface area contributed by atoms with Crippen LogP contribution in [0.4, 0.5) is 5.82 Å². The fourth-order valence-electron chi connectivity index (χ4n) is 3.14. The molecule has 1 fully saturated rings. The van der Waals surface area contributed by atoms with Gasteiger partial charge in [0.15, 0.2) is 11.9 Å². The summed E-state index contributed by atoms with van der Waals surface area (Å²) in [4.78, 5) is 29.1. The molecule has 0 spiro atoms. The molecule has 31 heavy (non-hydrogen) atoms. The van der Waals surface area contributed by atoms with E-state index in [4.69, 9.17) is 27.9 Å². The Labute approximate surface area is 190 Å². The van der Waals surface area contributed by atoms with Gasteiger partial charge in [0.25, 0.3) is 5.91 Å². The third-order valence-electron chi connectivity index (χ3n) is 4.81. The van der Waals surface area contributed by atoms with Crippen molar-refractivity contribution in [1.29, 1.82) is 0 Å². The SMILES string of the molecule is Cc1ccc(S(=O)(=O)N2CCC[C@@H]2C(=O)OC(C)C(=O)Nc2ncc(Cl)cc2Cl)cc1. The van der Waals surface area contributed by atoms with Crippen molar-refractivity contribution in [2.45, 2.75) is 43.7 Å². The van der Waals surface area contributed by atoms with E-state index < -0.39 is 34.0 Å². The number of esters is 1. The van der Waals surface area contributed by atoms with E-state index in [1.54, 1.807) is 12.1 Å². The number of aryl methyl sites for hydroxylation is 1. The topological polar surface area (TPSA) is 106 Å². The Morgan fingerprint density at radius 3 is 2.58 bits per heavy atom. The number of ether oxygens (including phenoxy) is 1. The van der Waals surface area contributed by atoms with Crippen LogP contribution in [-0.2, 0) is 24.3 Å². The third kappa shape index (κ3) is 5.35. The van der Waals surface area contributed by atoms with Crippen LogP contribution in [0.2, 0.25) is 10.0 Å². The summed E-state index contributed by atoms with van der Waals surface area (Å²) < 4.78 is 32.4. The molecule has 0 radical (unpaired) electrons. The van der Waals surface area contributed by atoms with Crippen molar-refractivity contribution in [1.82, 2.24) is 9.29 Å². The van der Waals surface area contributed by atoms with Crippen molar-refractivity contribution in [3.63, 3.8) is 0 Å². The number of halogens is 2. The molecule has 11 heteroatoms. The lowest BCUT2D eigenvalue weighted by molar-refractivity contribution is -0.156. The minimum absolute atomic E-state index is 0.0726. The van der Waals surface area contributed by atoms with Crippen molar-refractivity contribution in [3.05, 3.63) is 52.1 Å². The lowest BCUT2D eigenvalue weighted by Gasteiger charge is -2.24. The molecule has 1 saturated heterocycles. The van der Waals surface area contributed by atoms with Crippen LogP contribution >= 0.6 is 23.2 Å². The van der Waals surface area contributed by atoms with E-state index in [9.17, 15) is 18.0 Å². The average molecular weight is 486 g/mol. The standard InChI is InChI=1S/C20H21Cl2N3O5S/c1-12-5-7-15(8-6-12)31(28,29)25-9-3-4-17(25)20(27)30-13(2)19(26)24-18-16(22)10-14(21)11-23-18/h5-8,10-11,13,17H,3-4,9H2,1-2H3,(H,23,24,26)/t13?,17-/m1/s1. The Balaban J connectivity index is 1.68. The lowest BCUT2D eigenvalue weighted by atomic mass is 10.2. The number of hydrogen-bond donors (Lipinski definition) is 1. The van der Waals surface area contributed by atoms with E-state index in [1.807, 2.05) is 6.92 Å². The maximum atomic E-state index is 13.0. The van der Waals surface area contributed by atoms with Gasteiger partial charge in [-0.25, -0.2) is 13.4 Å². The molecule has 1 aliphatic heterocycles. The van der Waals surface area contributed by atoms with Crippen LogP contribution in [0.15, 0.2) is 41.4 Å². The van der Waals surface area contributed by atoms with Gasteiger partial charge < -0.3 is 10.1 Å². The zero-order valence-corrected chi connectivity index (χ0v) is 19.2. The first-order chi connectivity index (χ1) is 14.6. The second-order valence-electron chi connectivity index (χ2n) is 7.14. The van der Waals surface area contributed by atoms with Crippen molar-refractivity contribution >= 4 is 50.9 Å². The van der Waals surface area contributed by atoms with Gasteiger partial charge in [-0.15, -0.1) is 0 Å². The summed E-state index contributed by atoms with van der Waals surface area (Å²) in [7, 11) is -3.87. The Morgan fingerprint density at radius 1 is 1.26 bits per heavy atom. The Hall–Kier alpha value is -2.20. The van der Waals surface area contributed by atoms with E-state index in [1.165, 1.54) is 31.3 Å². The van der Waals surface area contributed by atoms with Gasteiger partial charge in [-0.1, -0.05) is 40.9 Å². The van der Waals surface area contributed by atoms with Crippen molar-refractivity contribution in [3.8, 4) is 0 Å². The molecule has 2 heterocycles. The fraction of sp³-hybridized carbons (Fsp3) is 0.350. The minimum atomic E-state index is -3.87. The van der Waals surface area contributed by atoms with Crippen molar-refractivity contribution < 1.29 is 22.7 Å². The van der Waals surface area contributed by atoms with Crippen molar-refractivity contribution in [2.24, 2.45) is 0 Å². The van der Waals surface area contributed by atoms with Crippen LogP contribution in [0.25, 0.3) is 0 Å². The molecule has 1 aromatic carbocycles. The first-order valence-corrected chi connectivity index (χ1v) is 11.7. The smallest absolute Gasteiger partial charge is 0.325 e. The van der Waals surface area contributed by atoms with Gasteiger partial charge in [0.05, 0.1) is 14.9 Å². The molecule has 2 aromatic rings. The summed E-state index contributed by atoms with van der Waals surface area (Å²) in [5.41, 5.74) is 0.923. The van der Waals surface area contributed by atoms with Crippen LogP contribution < -0.4 is 5.32 Å². The molecule has 3 rings (SSSR count). The molecule has 8 nitrogen and oxygen atoms in total. The van der Waals surface area contributed by atoms with Gasteiger partial charge in [-0.05, 0) is 44.9 Å². The number of carbonyl (C=O) groups excluding carboxylic acids is 2. The Bertz CT molecular complexity index is 1090. The van der Waals surface area contributed by atoms with Gasteiger partial charge in [-0.2, -0.15) is 4.31 Å². The molecule has 0 saturated carbocycles. The second kappa shape index (κ2) is 9.52. The number of pyridine rings is 1. The van der Waals surface area contributed by atoms with E-state index >= 15 is 0 Å². The predicted molar refractivity (Wildman–Crippen MR) is 117 cm³/mol. The van der Waals surface area contributed by atoms with Gasteiger partial charge >= 0.3 is 5.97 Å². The number of nitrogens with one attached hydrogen (secondary N) is 1. The summed E-state index contributed by atoms with van der Waals surface area (Å²) in [6, 6.07) is 6.81. The fourth-order valence-corrected chi connectivity index (χ4v) is 5.21. The van der Waals surface area contributed by atoms with Crippen LogP contribution in [0.5, 0.6) is 0 Å². The number of benzene rings is 1. The number of carbonyl (C=O) groups is 2. The molecule has 1 N–H and O–H groups in total. The van der Waals surface area contributed by atoms with Crippen LogP contribution in [0.3, 0.4) is 0 Å². The quantitative estimate of drug-likeness (QED) is 0.628. The maximum absolute atomic E-state index is 13.0. The van der Waals surface area contributed by atoms with E-state index in [0.29, 0.717) is 17.9 Å². The maximum Gasteiger partial charge on any atom is 0.325 e. The van der Waals surface area contributed by atoms with Crippen molar-refractivity contribution in [2.75, 3.05) is 11.9 Å². The molecule has 0 bridgehead atoms. The number of anilines is 1. The molecule has 2 atom stereocenters. The average Bonchev–Trinajstić information content (AvgIpc) is 3.21. The first kappa shape index (κ1) is 23.5. The highest BCUT2D eigenvalue weighted by Crippen LogP contribution is 2.28. The molecular weight excluding hydrogens is 465 g/mol. The molecule has 1 aliphatic rings. The summed E-state index contributed by atoms with van der Waals surface area (Å²) in [6.07, 6.45) is 0.940. The zero-order valence-electron chi connectivity index (χ0n) is 16.8. The van der Waals surface area contributed by atoms with E-state index in [-0.39, 0.29) is 22.3 Å². The highest BCUT2D eigenvalue weighted by atomic mass is 35.5. The molecular formula is C20H21Cl2N3O5S. The molecule has 1 amide bonds. The second-order valence-corrected chi connectivity index (χ2v) is 9.87. The zero-order chi connectivity index (χ0) is 22.8. The lowest BCUT2D eigenvalue weighted by Crippen LogP contribution is -2.43. The minimum Gasteiger partial charge on any atom is -0.451 e. The highest BCUT2D eigenvalue weighted by Gasteiger charge is 2.41. The number of rotatable bonds is 6. The highest BCUT2D eigenvalue weighted by molar-refractivity contribution is 7.89. The number of aromatic nitrogens is 1. The Morgan fingerprint density at radius 2 is 1.94 bits per heavy atom. The summed E-state index contributed by atoms with van der Waals surface area (Å²) in [6.45, 7) is 3.43. The van der Waals surface area contributed by atoms with E-state index in [0.717, 1.165) is 9.87 Å². The monoisotopic (exact) mass is 485 g/mol. The van der Waals surface area contributed by atoms with E-state index in [2.05, 4.69) is 10.3 Å². The first-order valence-electron chi connectivity index (χ1n) is 9.50. The summed E-state index contributed by atoms with van der Waals surface area (Å²) >= 11 is 11.8. The molecule has 1 unspecified atom stereocenters. The van der Waals surface area contributed by atoms with Gasteiger partial charge in [0.2, 0.25) is 10.0 Å². The van der Waals surface area contributed by atoms with Gasteiger partial charge in [0.1, 0.15) is 6.04 Å². The number of amides is 1. The Kier molecular flexibility index (Phi) is 7.20. The summed E-state index contributed by atoms with van der Waals surface area (Å²) in [5, 5.41) is 2.89. The van der Waals surface area contributed by atoms with Crippen LogP contribution in [0, 0.1) is 6.92 Å². The van der Waals surface area contributed by atoms with Gasteiger partial charge in [0, 0.05) is 12.7 Å². The molecule has 1 aromatic heterocycles. The van der Waals surface area contributed by atoms with Crippen LogP contribution in [0.1, 0.15) is 25.3 Å². The largest absolute Gasteiger partial charge is 0.451 e. The predicted octanol–water partition coefficient (Wildman–Crippen LogP) is 3.42. The number of sulfonamides is 1. The number of hydrogen-bond acceptors (Lipinski definition) is 6. The number of nitrogens with zero attached hydrogens (tertiary/aromatic N) is 2. The third-order valence-corrected chi connectivity index (χ3v) is 7.23.